The topological polar surface area (TPSA) is 87.7 Å². The first-order valence-corrected chi connectivity index (χ1v) is 5.91. The molecule has 1 rings (SSSR count). The van der Waals surface area contributed by atoms with Crippen LogP contribution in [0.5, 0.6) is 0 Å². The molecule has 7 heteroatoms. The Bertz CT molecular complexity index is 451. The summed E-state index contributed by atoms with van der Waals surface area (Å²) < 4.78 is 0.656. The van der Waals surface area contributed by atoms with Crippen LogP contribution in [0.1, 0.15) is 16.8 Å². The van der Waals surface area contributed by atoms with Crippen molar-refractivity contribution in [2.75, 3.05) is 6.54 Å². The van der Waals surface area contributed by atoms with Crippen molar-refractivity contribution in [1.82, 2.24) is 5.32 Å². The van der Waals surface area contributed by atoms with E-state index in [9.17, 15) is 4.79 Å². The van der Waals surface area contributed by atoms with Gasteiger partial charge >= 0.3 is 0 Å². The maximum atomic E-state index is 11.7. The van der Waals surface area contributed by atoms with Gasteiger partial charge in [-0.2, -0.15) is 0 Å². The summed E-state index contributed by atoms with van der Waals surface area (Å²) in [5.41, 5.74) is 5.75. The molecule has 0 bridgehead atoms. The van der Waals surface area contributed by atoms with Gasteiger partial charge in [-0.1, -0.05) is 16.8 Å². The van der Waals surface area contributed by atoms with Crippen LogP contribution in [-0.4, -0.2) is 23.5 Å². The van der Waals surface area contributed by atoms with Crippen molar-refractivity contribution < 1.29 is 10.0 Å². The molecule has 17 heavy (non-hydrogen) atoms. The van der Waals surface area contributed by atoms with E-state index in [1.54, 1.807) is 18.2 Å². The van der Waals surface area contributed by atoms with E-state index in [0.29, 0.717) is 21.6 Å². The van der Waals surface area contributed by atoms with Gasteiger partial charge in [0.2, 0.25) is 0 Å². The Morgan fingerprint density at radius 1 is 1.59 bits per heavy atom. The van der Waals surface area contributed by atoms with Crippen molar-refractivity contribution in [3.63, 3.8) is 0 Å². The number of carbonyl (C=O) groups is 1. The number of nitrogens with zero attached hydrogens (tertiary/aromatic N) is 1. The zero-order valence-electron chi connectivity index (χ0n) is 8.78. The summed E-state index contributed by atoms with van der Waals surface area (Å²) in [4.78, 5) is 11.7. The van der Waals surface area contributed by atoms with Crippen molar-refractivity contribution in [2.45, 2.75) is 6.42 Å². The summed E-state index contributed by atoms with van der Waals surface area (Å²) in [7, 11) is 0. The molecular formula is C10H11BrClN3O2. The summed E-state index contributed by atoms with van der Waals surface area (Å²) in [6.07, 6.45) is 0.289. The summed E-state index contributed by atoms with van der Waals surface area (Å²) >= 11 is 9.04. The number of oxime groups is 1. The Kier molecular flexibility index (Phi) is 5.24. The number of nitrogens with one attached hydrogen (secondary N) is 1. The molecule has 0 radical (unpaired) electrons. The first-order chi connectivity index (χ1) is 8.04. The fourth-order valence-electron chi connectivity index (χ4n) is 1.09. The smallest absolute Gasteiger partial charge is 0.251 e. The van der Waals surface area contributed by atoms with Crippen LogP contribution >= 0.6 is 27.5 Å². The number of amides is 1. The summed E-state index contributed by atoms with van der Waals surface area (Å²) in [6, 6.07) is 4.87. The van der Waals surface area contributed by atoms with E-state index in [4.69, 9.17) is 22.5 Å². The van der Waals surface area contributed by atoms with Crippen LogP contribution in [0.4, 0.5) is 0 Å². The van der Waals surface area contributed by atoms with Gasteiger partial charge in [-0.3, -0.25) is 4.79 Å². The van der Waals surface area contributed by atoms with Crippen LogP contribution in [0.3, 0.4) is 0 Å². The van der Waals surface area contributed by atoms with Crippen LogP contribution in [0, 0.1) is 0 Å². The lowest BCUT2D eigenvalue weighted by atomic mass is 10.2. The zero-order valence-corrected chi connectivity index (χ0v) is 11.1. The zero-order chi connectivity index (χ0) is 12.8. The third-order valence-corrected chi connectivity index (χ3v) is 3.19. The Labute approximate surface area is 112 Å². The number of hydrogen-bond acceptors (Lipinski definition) is 3. The van der Waals surface area contributed by atoms with Gasteiger partial charge < -0.3 is 16.3 Å². The molecule has 0 heterocycles. The minimum atomic E-state index is -0.242. The number of amidine groups is 1. The Morgan fingerprint density at radius 3 is 2.88 bits per heavy atom. The molecule has 0 saturated carbocycles. The fourth-order valence-corrected chi connectivity index (χ4v) is 1.59. The van der Waals surface area contributed by atoms with E-state index in [0.717, 1.165) is 0 Å². The van der Waals surface area contributed by atoms with E-state index in [2.05, 4.69) is 26.4 Å². The highest BCUT2D eigenvalue weighted by Crippen LogP contribution is 2.23. The monoisotopic (exact) mass is 319 g/mol. The predicted molar refractivity (Wildman–Crippen MR) is 69.5 cm³/mol. The molecule has 1 amide bonds. The number of halogens is 2. The largest absolute Gasteiger partial charge is 0.409 e. The average molecular weight is 321 g/mol. The molecule has 1 aromatic carbocycles. The highest BCUT2D eigenvalue weighted by atomic mass is 79.9. The van der Waals surface area contributed by atoms with Gasteiger partial charge in [0.1, 0.15) is 5.84 Å². The minimum Gasteiger partial charge on any atom is -0.409 e. The first-order valence-electron chi connectivity index (χ1n) is 4.74. The molecule has 4 N–H and O–H groups in total. The molecular weight excluding hydrogens is 309 g/mol. The SMILES string of the molecule is N/C(CCNC(=O)c1ccc(Cl)c(Br)c1)=N/O. The van der Waals surface area contributed by atoms with Crippen LogP contribution in [-0.2, 0) is 0 Å². The maximum absolute atomic E-state index is 11.7. The molecule has 5 nitrogen and oxygen atoms in total. The fraction of sp³-hybridized carbons (Fsp3) is 0.200. The number of hydrogen-bond donors (Lipinski definition) is 3. The maximum Gasteiger partial charge on any atom is 0.251 e. The third-order valence-electron chi connectivity index (χ3n) is 1.98. The minimum absolute atomic E-state index is 0.0718. The van der Waals surface area contributed by atoms with Crippen molar-refractivity contribution in [3.8, 4) is 0 Å². The second-order valence-corrected chi connectivity index (χ2v) is 4.49. The lowest BCUT2D eigenvalue weighted by Gasteiger charge is -2.05. The first kappa shape index (κ1) is 13.8. The average Bonchev–Trinajstić information content (AvgIpc) is 2.32. The van der Waals surface area contributed by atoms with E-state index in [1.807, 2.05) is 0 Å². The highest BCUT2D eigenvalue weighted by Gasteiger charge is 2.07. The van der Waals surface area contributed by atoms with Gasteiger partial charge in [0.05, 0.1) is 5.02 Å². The van der Waals surface area contributed by atoms with Crippen LogP contribution in [0.25, 0.3) is 0 Å². The number of rotatable bonds is 4. The van der Waals surface area contributed by atoms with Crippen LogP contribution < -0.4 is 11.1 Å². The van der Waals surface area contributed by atoms with Crippen molar-refractivity contribution in [3.05, 3.63) is 33.3 Å². The van der Waals surface area contributed by atoms with Gasteiger partial charge in [0.25, 0.3) is 5.91 Å². The number of carbonyl (C=O) groups excluding carboxylic acids is 1. The predicted octanol–water partition coefficient (Wildman–Crippen LogP) is 1.97. The van der Waals surface area contributed by atoms with Gasteiger partial charge in [0, 0.05) is 23.0 Å². The number of nitrogens with two attached hydrogens (primary N) is 1. The molecule has 0 aromatic heterocycles. The van der Waals surface area contributed by atoms with Crippen molar-refractivity contribution in [1.29, 1.82) is 0 Å². The van der Waals surface area contributed by atoms with Gasteiger partial charge in [-0.15, -0.1) is 0 Å². The second kappa shape index (κ2) is 6.46. The lowest BCUT2D eigenvalue weighted by molar-refractivity contribution is 0.0954. The molecule has 0 unspecified atom stereocenters. The van der Waals surface area contributed by atoms with Crippen LogP contribution in [0.2, 0.25) is 5.02 Å². The molecule has 0 saturated heterocycles. The van der Waals surface area contributed by atoms with Crippen molar-refractivity contribution in [2.24, 2.45) is 10.9 Å². The van der Waals surface area contributed by atoms with Gasteiger partial charge in [0.15, 0.2) is 0 Å². The Morgan fingerprint density at radius 2 is 2.29 bits per heavy atom. The molecule has 0 atom stereocenters. The van der Waals surface area contributed by atoms with Gasteiger partial charge in [-0.25, -0.2) is 0 Å². The highest BCUT2D eigenvalue weighted by molar-refractivity contribution is 9.10. The number of benzene rings is 1. The third kappa shape index (κ3) is 4.24. The molecule has 0 aliphatic heterocycles. The molecule has 1 aromatic rings. The molecule has 92 valence electrons. The molecule has 0 aliphatic carbocycles. The quantitative estimate of drug-likeness (QED) is 0.343. The molecule has 0 fully saturated rings. The molecule has 0 spiro atoms. The Hall–Kier alpha value is -1.27. The normalized spacial score (nSPS) is 11.3. The standard InChI is InChI=1S/C10H11BrClN3O2/c11-7-5-6(1-2-8(7)12)10(16)14-4-3-9(13)15-17/h1-2,5,17H,3-4H2,(H2,13,15)(H,14,16). The molecule has 0 aliphatic rings. The van der Waals surface area contributed by atoms with Crippen molar-refractivity contribution >= 4 is 39.3 Å². The summed E-state index contributed by atoms with van der Waals surface area (Å²) in [6.45, 7) is 0.301. The van der Waals surface area contributed by atoms with Gasteiger partial charge in [-0.05, 0) is 34.1 Å². The van der Waals surface area contributed by atoms with E-state index in [-0.39, 0.29) is 18.2 Å². The lowest BCUT2D eigenvalue weighted by Crippen LogP contribution is -2.28. The van der Waals surface area contributed by atoms with E-state index < -0.39 is 0 Å². The van der Waals surface area contributed by atoms with Crippen LogP contribution in [0.15, 0.2) is 27.8 Å². The summed E-state index contributed by atoms with van der Waals surface area (Å²) in [5.74, 6) is -0.171. The van der Waals surface area contributed by atoms with E-state index >= 15 is 0 Å². The second-order valence-electron chi connectivity index (χ2n) is 3.23. The van der Waals surface area contributed by atoms with E-state index in [1.165, 1.54) is 0 Å². The Balaban J connectivity index is 2.55. The summed E-state index contributed by atoms with van der Waals surface area (Å²) in [5, 5.41) is 14.3.